The fourth-order valence-electron chi connectivity index (χ4n) is 1.57. The van der Waals surface area contributed by atoms with Crippen molar-refractivity contribution in [3.8, 4) is 0 Å². The monoisotopic (exact) mass is 332 g/mol. The van der Waals surface area contributed by atoms with Crippen molar-refractivity contribution in [2.24, 2.45) is 5.18 Å². The van der Waals surface area contributed by atoms with Crippen LogP contribution in [0.2, 0.25) is 0 Å². The quantitative estimate of drug-likeness (QED) is 0.648. The Morgan fingerprint density at radius 2 is 1.45 bits per heavy atom. The third kappa shape index (κ3) is 6.18. The second-order valence-corrected chi connectivity index (χ2v) is 5.91. The summed E-state index contributed by atoms with van der Waals surface area (Å²) in [6, 6.07) is 5.45. The molecule has 0 aromatic heterocycles. The van der Waals surface area contributed by atoms with Gasteiger partial charge in [-0.3, -0.25) is 0 Å². The number of nitroso groups, excluding NO2 is 1. The standard InChI is InChI=1S/C12H18N2O5S.C2H6/c1-18-9-7-14(8-10-19-2)20(16,17)12-5-3-11(13-15)4-6-12;1-2/h3-6H,7-10H2,1-2H3;1-2H3. The molecular weight excluding hydrogens is 308 g/mol. The molecule has 1 aromatic carbocycles. The normalized spacial score (nSPS) is 11.0. The van der Waals surface area contributed by atoms with Crippen molar-refractivity contribution in [2.75, 3.05) is 40.5 Å². The highest BCUT2D eigenvalue weighted by Crippen LogP contribution is 2.19. The third-order valence-corrected chi connectivity index (χ3v) is 4.58. The predicted molar refractivity (Wildman–Crippen MR) is 85.8 cm³/mol. The van der Waals surface area contributed by atoms with Crippen molar-refractivity contribution in [3.63, 3.8) is 0 Å². The smallest absolute Gasteiger partial charge is 0.243 e. The molecule has 0 aliphatic rings. The lowest BCUT2D eigenvalue weighted by molar-refractivity contribution is 0.150. The van der Waals surface area contributed by atoms with Crippen molar-refractivity contribution >= 4 is 15.7 Å². The fourth-order valence-corrected chi connectivity index (χ4v) is 2.97. The van der Waals surface area contributed by atoms with Crippen LogP contribution in [-0.4, -0.2) is 53.2 Å². The van der Waals surface area contributed by atoms with Crippen molar-refractivity contribution in [1.29, 1.82) is 0 Å². The molecule has 0 saturated carbocycles. The summed E-state index contributed by atoms with van der Waals surface area (Å²) in [5, 5.41) is 2.74. The minimum absolute atomic E-state index is 0.108. The predicted octanol–water partition coefficient (Wildman–Crippen LogP) is 2.39. The Morgan fingerprint density at radius 1 is 1.00 bits per heavy atom. The second kappa shape index (κ2) is 11.2. The van der Waals surface area contributed by atoms with Crippen LogP contribution in [-0.2, 0) is 19.5 Å². The molecule has 1 aromatic rings. The van der Waals surface area contributed by atoms with Crippen molar-refractivity contribution < 1.29 is 17.9 Å². The number of nitrogens with zero attached hydrogens (tertiary/aromatic N) is 2. The summed E-state index contributed by atoms with van der Waals surface area (Å²) >= 11 is 0. The lowest BCUT2D eigenvalue weighted by Gasteiger charge is -2.21. The van der Waals surface area contributed by atoms with E-state index in [1.165, 1.54) is 42.8 Å². The molecule has 0 aliphatic carbocycles. The van der Waals surface area contributed by atoms with E-state index in [2.05, 4.69) is 5.18 Å². The minimum atomic E-state index is -3.64. The molecule has 0 saturated heterocycles. The summed E-state index contributed by atoms with van der Waals surface area (Å²) in [6.07, 6.45) is 0. The zero-order chi connectivity index (χ0) is 17.0. The number of hydrogen-bond acceptors (Lipinski definition) is 6. The minimum Gasteiger partial charge on any atom is -0.383 e. The Hall–Kier alpha value is -1.35. The van der Waals surface area contributed by atoms with Gasteiger partial charge < -0.3 is 9.47 Å². The topological polar surface area (TPSA) is 85.3 Å². The van der Waals surface area contributed by atoms with E-state index in [1.54, 1.807) is 0 Å². The summed E-state index contributed by atoms with van der Waals surface area (Å²) in [5.41, 5.74) is 0.185. The Kier molecular flexibility index (Phi) is 10.6. The molecule has 0 heterocycles. The zero-order valence-corrected chi connectivity index (χ0v) is 14.3. The number of methoxy groups -OCH3 is 2. The number of hydrogen-bond donors (Lipinski definition) is 0. The number of sulfonamides is 1. The highest BCUT2D eigenvalue weighted by atomic mass is 32.2. The van der Waals surface area contributed by atoms with Crippen LogP contribution < -0.4 is 0 Å². The Bertz CT molecular complexity index is 509. The molecule has 0 amide bonds. The van der Waals surface area contributed by atoms with Gasteiger partial charge in [-0.25, -0.2) is 8.42 Å². The van der Waals surface area contributed by atoms with Crippen LogP contribution >= 0.6 is 0 Å². The van der Waals surface area contributed by atoms with Gasteiger partial charge in [0.25, 0.3) is 0 Å². The molecule has 0 N–H and O–H groups in total. The van der Waals surface area contributed by atoms with Gasteiger partial charge in [0.2, 0.25) is 10.0 Å². The lowest BCUT2D eigenvalue weighted by atomic mass is 10.3. The molecular formula is C14H24N2O5S. The summed E-state index contributed by atoms with van der Waals surface area (Å²) in [6.45, 7) is 5.04. The maximum atomic E-state index is 12.4. The molecule has 0 aliphatic heterocycles. The van der Waals surface area contributed by atoms with Gasteiger partial charge in [-0.15, -0.1) is 4.91 Å². The maximum Gasteiger partial charge on any atom is 0.243 e. The molecule has 126 valence electrons. The largest absolute Gasteiger partial charge is 0.383 e. The maximum absolute atomic E-state index is 12.4. The Balaban J connectivity index is 0.00000211. The zero-order valence-electron chi connectivity index (χ0n) is 13.5. The molecule has 0 unspecified atom stereocenters. The van der Waals surface area contributed by atoms with Gasteiger partial charge in [0.15, 0.2) is 0 Å². The van der Waals surface area contributed by atoms with Crippen LogP contribution in [0.3, 0.4) is 0 Å². The van der Waals surface area contributed by atoms with Gasteiger partial charge in [0, 0.05) is 27.3 Å². The molecule has 7 nitrogen and oxygen atoms in total. The lowest BCUT2D eigenvalue weighted by Crippen LogP contribution is -2.36. The fraction of sp³-hybridized carbons (Fsp3) is 0.571. The van der Waals surface area contributed by atoms with Crippen LogP contribution in [0.4, 0.5) is 5.69 Å². The SMILES string of the molecule is CC.COCCN(CCOC)S(=O)(=O)c1ccc(N=O)cc1. The van der Waals surface area contributed by atoms with E-state index in [1.807, 2.05) is 13.8 Å². The molecule has 0 radical (unpaired) electrons. The number of ether oxygens (including phenoxy) is 2. The van der Waals surface area contributed by atoms with Gasteiger partial charge in [-0.1, -0.05) is 13.8 Å². The van der Waals surface area contributed by atoms with Crippen LogP contribution in [0.1, 0.15) is 13.8 Å². The van der Waals surface area contributed by atoms with Crippen LogP contribution in [0.25, 0.3) is 0 Å². The van der Waals surface area contributed by atoms with E-state index < -0.39 is 10.0 Å². The molecule has 22 heavy (non-hydrogen) atoms. The summed E-state index contributed by atoms with van der Waals surface area (Å²) in [7, 11) is -0.630. The van der Waals surface area contributed by atoms with Gasteiger partial charge in [0.05, 0.1) is 18.1 Å². The molecule has 0 bridgehead atoms. The summed E-state index contributed by atoms with van der Waals surface area (Å²) in [4.78, 5) is 10.4. The molecule has 1 rings (SSSR count). The van der Waals surface area contributed by atoms with E-state index in [0.717, 1.165) is 0 Å². The van der Waals surface area contributed by atoms with Crippen molar-refractivity contribution in [2.45, 2.75) is 18.7 Å². The first-order valence-corrected chi connectivity index (χ1v) is 8.41. The third-order valence-electron chi connectivity index (χ3n) is 2.67. The van der Waals surface area contributed by atoms with Crippen molar-refractivity contribution in [3.05, 3.63) is 29.2 Å². The Labute approximate surface area is 132 Å². The average Bonchev–Trinajstić information content (AvgIpc) is 2.56. The van der Waals surface area contributed by atoms with E-state index in [0.29, 0.717) is 0 Å². The van der Waals surface area contributed by atoms with Gasteiger partial charge in [0.1, 0.15) is 5.69 Å². The summed E-state index contributed by atoms with van der Waals surface area (Å²) in [5.74, 6) is 0. The van der Waals surface area contributed by atoms with Gasteiger partial charge >= 0.3 is 0 Å². The van der Waals surface area contributed by atoms with Gasteiger partial charge in [-0.2, -0.15) is 4.31 Å². The Morgan fingerprint density at radius 3 is 1.82 bits per heavy atom. The molecule has 0 fully saturated rings. The average molecular weight is 332 g/mol. The first-order valence-electron chi connectivity index (χ1n) is 6.97. The van der Waals surface area contributed by atoms with Crippen molar-refractivity contribution in [1.82, 2.24) is 4.31 Å². The highest BCUT2D eigenvalue weighted by Gasteiger charge is 2.23. The van der Waals surface area contributed by atoms with Gasteiger partial charge in [-0.05, 0) is 29.4 Å². The first kappa shape index (κ1) is 20.6. The van der Waals surface area contributed by atoms with E-state index in [4.69, 9.17) is 9.47 Å². The number of benzene rings is 1. The highest BCUT2D eigenvalue weighted by molar-refractivity contribution is 7.89. The molecule has 0 atom stereocenters. The number of rotatable bonds is 9. The van der Waals surface area contributed by atoms with E-state index in [9.17, 15) is 13.3 Å². The molecule has 0 spiro atoms. The molecule has 8 heteroatoms. The van der Waals surface area contributed by atoms with Crippen LogP contribution in [0.5, 0.6) is 0 Å². The first-order chi connectivity index (χ1) is 10.6. The van der Waals surface area contributed by atoms with Crippen LogP contribution in [0.15, 0.2) is 34.3 Å². The second-order valence-electron chi connectivity index (χ2n) is 3.97. The van der Waals surface area contributed by atoms with E-state index >= 15 is 0 Å². The summed E-state index contributed by atoms with van der Waals surface area (Å²) < 4.78 is 36.0. The van der Waals surface area contributed by atoms with E-state index in [-0.39, 0.29) is 36.9 Å². The van der Waals surface area contributed by atoms with Crippen LogP contribution in [0, 0.1) is 4.91 Å².